The Morgan fingerprint density at radius 3 is 2.12 bits per heavy atom. The number of carbonyl (C=O) groups excluding carboxylic acids is 1. The number of sulfonamides is 1. The van der Waals surface area contributed by atoms with E-state index in [1.165, 1.54) is 15.4 Å². The molecule has 0 saturated carbocycles. The van der Waals surface area contributed by atoms with Crippen LogP contribution in [0.5, 0.6) is 0 Å². The van der Waals surface area contributed by atoms with Gasteiger partial charge in [0.25, 0.3) is 10.0 Å². The van der Waals surface area contributed by atoms with Gasteiger partial charge in [0.1, 0.15) is 6.54 Å². The van der Waals surface area contributed by atoms with Gasteiger partial charge in [-0.3, -0.25) is 9.10 Å². The fourth-order valence-corrected chi connectivity index (χ4v) is 5.11. The molecule has 0 atom stereocenters. The normalized spacial score (nSPS) is 11.2. The molecule has 3 aromatic rings. The summed E-state index contributed by atoms with van der Waals surface area (Å²) in [5, 5.41) is 2.89. The van der Waals surface area contributed by atoms with Crippen LogP contribution >= 0.6 is 0 Å². The summed E-state index contributed by atoms with van der Waals surface area (Å²) in [6, 6.07) is 22.4. The number of anilines is 1. The van der Waals surface area contributed by atoms with Crippen molar-refractivity contribution in [2.45, 2.75) is 44.9 Å². The van der Waals surface area contributed by atoms with Crippen LogP contribution in [-0.4, -0.2) is 27.4 Å². The van der Waals surface area contributed by atoms with E-state index in [0.717, 1.165) is 24.0 Å². The Kier molecular flexibility index (Phi) is 8.28. The largest absolute Gasteiger partial charge is 0.355 e. The summed E-state index contributed by atoms with van der Waals surface area (Å²) in [5.74, 6) is -0.319. The Morgan fingerprint density at radius 1 is 0.879 bits per heavy atom. The molecule has 0 heterocycles. The molecule has 0 aliphatic carbocycles. The van der Waals surface area contributed by atoms with E-state index in [-0.39, 0.29) is 17.3 Å². The van der Waals surface area contributed by atoms with Crippen LogP contribution in [0, 0.1) is 13.8 Å². The fourth-order valence-electron chi connectivity index (χ4n) is 3.65. The lowest BCUT2D eigenvalue weighted by molar-refractivity contribution is -0.119. The average molecular weight is 465 g/mol. The van der Waals surface area contributed by atoms with Crippen LogP contribution < -0.4 is 9.62 Å². The third-order valence-electron chi connectivity index (χ3n) is 5.62. The van der Waals surface area contributed by atoms with E-state index >= 15 is 0 Å². The highest BCUT2D eigenvalue weighted by atomic mass is 32.2. The standard InChI is InChI=1S/C27H32N2O3S/c1-4-24-9-5-6-10-26(24)29(33(31,32)25-17-13-22(3)14-18-25)20-27(30)28-19-7-8-23-15-11-21(2)12-16-23/h5-6,9-18H,4,7-8,19-20H2,1-3H3,(H,28,30). The molecule has 0 aliphatic rings. The van der Waals surface area contributed by atoms with Crippen LogP contribution in [-0.2, 0) is 27.7 Å². The van der Waals surface area contributed by atoms with E-state index in [1.54, 1.807) is 36.4 Å². The van der Waals surface area contributed by atoms with E-state index in [1.807, 2.05) is 26.0 Å². The van der Waals surface area contributed by atoms with Crippen LogP contribution in [0.1, 0.15) is 35.6 Å². The maximum atomic E-state index is 13.5. The van der Waals surface area contributed by atoms with Crippen molar-refractivity contribution in [3.8, 4) is 0 Å². The minimum atomic E-state index is -3.90. The van der Waals surface area contributed by atoms with E-state index in [2.05, 4.69) is 36.5 Å². The summed E-state index contributed by atoms with van der Waals surface area (Å²) in [6.07, 6.45) is 2.30. The number of hydrogen-bond donors (Lipinski definition) is 1. The average Bonchev–Trinajstić information content (AvgIpc) is 2.81. The molecule has 0 radical (unpaired) electrons. The number of nitrogens with zero attached hydrogens (tertiary/aromatic N) is 1. The van der Waals surface area contributed by atoms with E-state index < -0.39 is 10.0 Å². The maximum Gasteiger partial charge on any atom is 0.264 e. The second-order valence-electron chi connectivity index (χ2n) is 8.25. The van der Waals surface area contributed by atoms with Crippen LogP contribution in [0.25, 0.3) is 0 Å². The molecule has 33 heavy (non-hydrogen) atoms. The van der Waals surface area contributed by atoms with Gasteiger partial charge in [-0.25, -0.2) is 8.42 Å². The first-order valence-electron chi connectivity index (χ1n) is 11.3. The SMILES string of the molecule is CCc1ccccc1N(CC(=O)NCCCc1ccc(C)cc1)S(=O)(=O)c1ccc(C)cc1. The van der Waals surface area contributed by atoms with Gasteiger partial charge < -0.3 is 5.32 Å². The van der Waals surface area contributed by atoms with Crippen molar-refractivity contribution < 1.29 is 13.2 Å². The van der Waals surface area contributed by atoms with Gasteiger partial charge in [0.05, 0.1) is 10.6 Å². The lowest BCUT2D eigenvalue weighted by Crippen LogP contribution is -2.41. The molecule has 174 valence electrons. The Balaban J connectivity index is 1.74. The van der Waals surface area contributed by atoms with Crippen LogP contribution in [0.4, 0.5) is 5.69 Å². The maximum absolute atomic E-state index is 13.5. The fraction of sp³-hybridized carbons (Fsp3) is 0.296. The lowest BCUT2D eigenvalue weighted by atomic mass is 10.1. The van der Waals surface area contributed by atoms with Crippen LogP contribution in [0.2, 0.25) is 0 Å². The minimum absolute atomic E-state index is 0.172. The molecule has 0 fully saturated rings. The molecule has 5 nitrogen and oxygen atoms in total. The first-order valence-corrected chi connectivity index (χ1v) is 12.7. The summed E-state index contributed by atoms with van der Waals surface area (Å²) in [7, 11) is -3.90. The molecule has 1 amide bonds. The third kappa shape index (κ3) is 6.45. The van der Waals surface area contributed by atoms with Gasteiger partial charge in [-0.05, 0) is 62.4 Å². The molecule has 0 unspecified atom stereocenters. The number of hydrogen-bond acceptors (Lipinski definition) is 3. The lowest BCUT2D eigenvalue weighted by Gasteiger charge is -2.26. The molecule has 1 N–H and O–H groups in total. The zero-order chi connectivity index (χ0) is 23.8. The first kappa shape index (κ1) is 24.5. The Morgan fingerprint density at radius 2 is 1.48 bits per heavy atom. The number of nitrogens with one attached hydrogen (secondary N) is 1. The number of amides is 1. The number of benzene rings is 3. The monoisotopic (exact) mass is 464 g/mol. The highest BCUT2D eigenvalue weighted by molar-refractivity contribution is 7.92. The molecule has 0 aromatic heterocycles. The summed E-state index contributed by atoms with van der Waals surface area (Å²) >= 11 is 0. The van der Waals surface area contributed by atoms with Crippen molar-refractivity contribution >= 4 is 21.6 Å². The molecule has 6 heteroatoms. The Labute approximate surface area is 197 Å². The van der Waals surface area contributed by atoms with Gasteiger partial charge in [0.15, 0.2) is 0 Å². The third-order valence-corrected chi connectivity index (χ3v) is 7.40. The molecule has 0 spiro atoms. The van der Waals surface area contributed by atoms with Gasteiger partial charge in [0.2, 0.25) is 5.91 Å². The zero-order valence-electron chi connectivity index (χ0n) is 19.5. The van der Waals surface area contributed by atoms with Crippen LogP contribution in [0.15, 0.2) is 77.7 Å². The van der Waals surface area contributed by atoms with E-state index in [0.29, 0.717) is 18.7 Å². The van der Waals surface area contributed by atoms with Gasteiger partial charge >= 0.3 is 0 Å². The molecular weight excluding hydrogens is 432 g/mol. The molecule has 0 saturated heterocycles. The summed E-state index contributed by atoms with van der Waals surface area (Å²) in [5.41, 5.74) is 4.82. The minimum Gasteiger partial charge on any atom is -0.355 e. The second kappa shape index (κ2) is 11.1. The van der Waals surface area contributed by atoms with E-state index in [9.17, 15) is 13.2 Å². The molecular formula is C27H32N2O3S. The second-order valence-corrected chi connectivity index (χ2v) is 10.1. The van der Waals surface area contributed by atoms with Crippen molar-refractivity contribution in [3.63, 3.8) is 0 Å². The molecule has 3 aromatic carbocycles. The summed E-state index contributed by atoms with van der Waals surface area (Å²) in [6.45, 7) is 6.15. The van der Waals surface area contributed by atoms with Gasteiger partial charge in [-0.2, -0.15) is 0 Å². The van der Waals surface area contributed by atoms with Crippen molar-refractivity contribution in [2.75, 3.05) is 17.4 Å². The Bertz CT molecular complexity index is 1170. The van der Waals surface area contributed by atoms with Gasteiger partial charge in [0, 0.05) is 6.54 Å². The van der Waals surface area contributed by atoms with Crippen molar-refractivity contribution in [3.05, 3.63) is 95.1 Å². The first-order chi connectivity index (χ1) is 15.8. The molecule has 0 bridgehead atoms. The smallest absolute Gasteiger partial charge is 0.264 e. The quantitative estimate of drug-likeness (QED) is 0.438. The van der Waals surface area contributed by atoms with E-state index in [4.69, 9.17) is 0 Å². The molecule has 0 aliphatic heterocycles. The highest BCUT2D eigenvalue weighted by Gasteiger charge is 2.28. The van der Waals surface area contributed by atoms with Crippen molar-refractivity contribution in [1.82, 2.24) is 5.32 Å². The summed E-state index contributed by atoms with van der Waals surface area (Å²) < 4.78 is 28.3. The molecule has 3 rings (SSSR count). The Hall–Kier alpha value is -3.12. The van der Waals surface area contributed by atoms with Gasteiger partial charge in [-0.1, -0.05) is 72.6 Å². The number of rotatable bonds is 10. The number of carbonyl (C=O) groups is 1. The van der Waals surface area contributed by atoms with Gasteiger partial charge in [-0.15, -0.1) is 0 Å². The van der Waals surface area contributed by atoms with Crippen molar-refractivity contribution in [1.29, 1.82) is 0 Å². The predicted octanol–water partition coefficient (Wildman–Crippen LogP) is 4.81. The predicted molar refractivity (Wildman–Crippen MR) is 134 cm³/mol. The summed E-state index contributed by atoms with van der Waals surface area (Å²) in [4.78, 5) is 13.0. The highest BCUT2D eigenvalue weighted by Crippen LogP contribution is 2.27. The van der Waals surface area contributed by atoms with Crippen LogP contribution in [0.3, 0.4) is 0 Å². The zero-order valence-corrected chi connectivity index (χ0v) is 20.4. The topological polar surface area (TPSA) is 66.5 Å². The number of aryl methyl sites for hydroxylation is 4. The van der Waals surface area contributed by atoms with Crippen molar-refractivity contribution in [2.24, 2.45) is 0 Å². The number of para-hydroxylation sites is 1.